The van der Waals surface area contributed by atoms with Crippen molar-refractivity contribution in [2.24, 2.45) is 0 Å². The normalized spacial score (nSPS) is 10.7. The van der Waals surface area contributed by atoms with Crippen molar-refractivity contribution in [3.63, 3.8) is 0 Å². The predicted molar refractivity (Wildman–Crippen MR) is 68.5 cm³/mol. The minimum Gasteiger partial charge on any atom is -0.495 e. The van der Waals surface area contributed by atoms with E-state index in [1.165, 1.54) is 25.3 Å². The average Bonchev–Trinajstić information content (AvgIpc) is 2.36. The minimum absolute atomic E-state index is 0.292. The molecule has 1 aromatic carbocycles. The second kappa shape index (κ2) is 6.23. The molecule has 2 N–H and O–H groups in total. The van der Waals surface area contributed by atoms with Crippen LogP contribution in [0.15, 0.2) is 18.2 Å². The summed E-state index contributed by atoms with van der Waals surface area (Å²) in [6, 6.07) is 6.43. The summed E-state index contributed by atoms with van der Waals surface area (Å²) in [5.74, 6) is 0.302. The highest BCUT2D eigenvalue weighted by atomic mass is 32.2. The van der Waals surface area contributed by atoms with Crippen molar-refractivity contribution in [1.82, 2.24) is 4.72 Å². The van der Waals surface area contributed by atoms with Gasteiger partial charge in [-0.3, -0.25) is 4.72 Å². The molecule has 0 aliphatic rings. The lowest BCUT2D eigenvalue weighted by atomic mass is 10.2. The molecule has 0 aliphatic carbocycles. The number of methoxy groups -OCH3 is 1. The summed E-state index contributed by atoms with van der Waals surface area (Å²) in [7, 11) is -2.20. The third-order valence-corrected chi connectivity index (χ3v) is 3.19. The second-order valence-electron chi connectivity index (χ2n) is 3.53. The molecule has 0 radical (unpaired) electrons. The van der Waals surface area contributed by atoms with E-state index < -0.39 is 10.2 Å². The first-order chi connectivity index (χ1) is 8.52. The molecule has 0 spiro atoms. The van der Waals surface area contributed by atoms with Gasteiger partial charge in [0, 0.05) is 12.6 Å². The van der Waals surface area contributed by atoms with E-state index in [-0.39, 0.29) is 0 Å². The van der Waals surface area contributed by atoms with Gasteiger partial charge in [0.05, 0.1) is 24.4 Å². The van der Waals surface area contributed by atoms with Crippen LogP contribution in [0.25, 0.3) is 0 Å². The topological polar surface area (TPSA) is 91.2 Å². The van der Waals surface area contributed by atoms with Gasteiger partial charge in [-0.2, -0.15) is 18.4 Å². The van der Waals surface area contributed by atoms with Crippen LogP contribution in [-0.2, 0) is 10.2 Å². The molecule has 1 aromatic rings. The fourth-order valence-corrected chi connectivity index (χ4v) is 2.27. The van der Waals surface area contributed by atoms with Crippen molar-refractivity contribution in [2.75, 3.05) is 18.4 Å². The first-order valence-electron chi connectivity index (χ1n) is 5.38. The molecule has 1 rings (SSSR count). The van der Waals surface area contributed by atoms with Crippen molar-refractivity contribution in [3.05, 3.63) is 23.8 Å². The quantitative estimate of drug-likeness (QED) is 0.812. The van der Waals surface area contributed by atoms with Crippen molar-refractivity contribution in [2.45, 2.75) is 13.3 Å². The zero-order chi connectivity index (χ0) is 13.6. The number of hydrogen-bond donors (Lipinski definition) is 2. The third kappa shape index (κ3) is 3.91. The van der Waals surface area contributed by atoms with E-state index in [1.807, 2.05) is 13.0 Å². The second-order valence-corrected chi connectivity index (χ2v) is 5.03. The summed E-state index contributed by atoms with van der Waals surface area (Å²) in [6.45, 7) is 2.22. The van der Waals surface area contributed by atoms with Crippen LogP contribution in [0.1, 0.15) is 18.9 Å². The summed E-state index contributed by atoms with van der Waals surface area (Å²) in [5, 5.41) is 8.74. The molecular weight excluding hydrogens is 254 g/mol. The van der Waals surface area contributed by atoms with E-state index in [0.29, 0.717) is 30.0 Å². The van der Waals surface area contributed by atoms with Gasteiger partial charge < -0.3 is 4.74 Å². The Bertz CT molecular complexity index is 549. The summed E-state index contributed by atoms with van der Waals surface area (Å²) >= 11 is 0. The number of rotatable bonds is 6. The lowest BCUT2D eigenvalue weighted by Gasteiger charge is -2.12. The van der Waals surface area contributed by atoms with Gasteiger partial charge in [0.25, 0.3) is 10.2 Å². The molecule has 0 unspecified atom stereocenters. The lowest BCUT2D eigenvalue weighted by molar-refractivity contribution is 0.416. The van der Waals surface area contributed by atoms with Crippen LogP contribution in [0.5, 0.6) is 5.75 Å². The first kappa shape index (κ1) is 14.3. The van der Waals surface area contributed by atoms with E-state index in [1.54, 1.807) is 0 Å². The monoisotopic (exact) mass is 269 g/mol. The van der Waals surface area contributed by atoms with E-state index in [2.05, 4.69) is 9.44 Å². The van der Waals surface area contributed by atoms with Crippen LogP contribution in [0.4, 0.5) is 5.69 Å². The summed E-state index contributed by atoms with van der Waals surface area (Å²) < 4.78 is 33.0. The van der Waals surface area contributed by atoms with E-state index in [4.69, 9.17) is 10.00 Å². The highest BCUT2D eigenvalue weighted by Gasteiger charge is 2.12. The predicted octanol–water partition coefficient (Wildman–Crippen LogP) is 1.22. The molecule has 0 bridgehead atoms. The molecule has 0 aromatic heterocycles. The molecule has 18 heavy (non-hydrogen) atoms. The largest absolute Gasteiger partial charge is 0.495 e. The van der Waals surface area contributed by atoms with Crippen LogP contribution < -0.4 is 14.2 Å². The number of nitrogens with one attached hydrogen (secondary N) is 2. The van der Waals surface area contributed by atoms with Gasteiger partial charge in [-0.15, -0.1) is 0 Å². The van der Waals surface area contributed by atoms with Gasteiger partial charge in [0.1, 0.15) is 5.75 Å². The number of nitriles is 1. The van der Waals surface area contributed by atoms with Gasteiger partial charge in [-0.1, -0.05) is 6.92 Å². The fraction of sp³-hybridized carbons (Fsp3) is 0.364. The fourth-order valence-electron chi connectivity index (χ4n) is 1.26. The number of nitrogens with zero attached hydrogens (tertiary/aromatic N) is 1. The zero-order valence-electron chi connectivity index (χ0n) is 10.2. The molecule has 0 aliphatic heterocycles. The highest BCUT2D eigenvalue weighted by molar-refractivity contribution is 7.90. The van der Waals surface area contributed by atoms with Crippen LogP contribution in [0, 0.1) is 11.3 Å². The zero-order valence-corrected chi connectivity index (χ0v) is 11.0. The van der Waals surface area contributed by atoms with Gasteiger partial charge >= 0.3 is 0 Å². The number of anilines is 1. The molecule has 0 amide bonds. The van der Waals surface area contributed by atoms with Crippen molar-refractivity contribution in [1.29, 1.82) is 5.26 Å². The molecule has 0 fully saturated rings. The van der Waals surface area contributed by atoms with E-state index >= 15 is 0 Å². The maximum atomic E-state index is 11.6. The first-order valence-corrected chi connectivity index (χ1v) is 6.86. The number of hydrogen-bond acceptors (Lipinski definition) is 4. The summed E-state index contributed by atoms with van der Waals surface area (Å²) in [5.41, 5.74) is 0.691. The average molecular weight is 269 g/mol. The molecule has 98 valence electrons. The standard InChI is InChI=1S/C11H15N3O3S/c1-3-6-13-18(15,16)14-10-5-4-9(8-12)7-11(10)17-2/h4-5,7,13-14H,3,6H2,1-2H3. The Balaban J connectivity index is 2.94. The molecule has 6 nitrogen and oxygen atoms in total. The summed E-state index contributed by atoms with van der Waals surface area (Å²) in [4.78, 5) is 0. The van der Waals surface area contributed by atoms with Gasteiger partial charge in [0.2, 0.25) is 0 Å². The molecule has 0 atom stereocenters. The molecule has 0 saturated carbocycles. The Morgan fingerprint density at radius 1 is 1.44 bits per heavy atom. The van der Waals surface area contributed by atoms with Crippen molar-refractivity contribution in [3.8, 4) is 11.8 Å². The Morgan fingerprint density at radius 2 is 2.17 bits per heavy atom. The third-order valence-electron chi connectivity index (χ3n) is 2.12. The van der Waals surface area contributed by atoms with Crippen LogP contribution in [0.2, 0.25) is 0 Å². The Morgan fingerprint density at radius 3 is 2.72 bits per heavy atom. The maximum absolute atomic E-state index is 11.6. The molecule has 7 heteroatoms. The highest BCUT2D eigenvalue weighted by Crippen LogP contribution is 2.25. The van der Waals surface area contributed by atoms with Gasteiger partial charge in [-0.05, 0) is 18.6 Å². The lowest BCUT2D eigenvalue weighted by Crippen LogP contribution is -2.30. The van der Waals surface area contributed by atoms with E-state index in [9.17, 15) is 8.42 Å². The maximum Gasteiger partial charge on any atom is 0.299 e. The van der Waals surface area contributed by atoms with Crippen molar-refractivity contribution >= 4 is 15.9 Å². The summed E-state index contributed by atoms with van der Waals surface area (Å²) in [6.07, 6.45) is 0.700. The van der Waals surface area contributed by atoms with E-state index in [0.717, 1.165) is 0 Å². The SMILES string of the molecule is CCCNS(=O)(=O)Nc1ccc(C#N)cc1OC. The van der Waals surface area contributed by atoms with Crippen LogP contribution >= 0.6 is 0 Å². The minimum atomic E-state index is -3.61. The molecule has 0 heterocycles. The molecular formula is C11H15N3O3S. The molecule has 0 saturated heterocycles. The Hall–Kier alpha value is -1.78. The van der Waals surface area contributed by atoms with Gasteiger partial charge in [0.15, 0.2) is 0 Å². The number of ether oxygens (including phenoxy) is 1. The number of benzene rings is 1. The van der Waals surface area contributed by atoms with Gasteiger partial charge in [-0.25, -0.2) is 0 Å². The smallest absolute Gasteiger partial charge is 0.299 e. The Kier molecular flexibility index (Phi) is 4.95. The van der Waals surface area contributed by atoms with Crippen molar-refractivity contribution < 1.29 is 13.2 Å². The van der Waals surface area contributed by atoms with Crippen LogP contribution in [0.3, 0.4) is 0 Å². The Labute approximate surface area is 107 Å². The van der Waals surface area contributed by atoms with Crippen LogP contribution in [-0.4, -0.2) is 22.1 Å².